The number of halogens is 1. The van der Waals surface area contributed by atoms with Gasteiger partial charge >= 0.3 is 0 Å². The summed E-state index contributed by atoms with van der Waals surface area (Å²) in [6.45, 7) is 0.993. The largest absolute Gasteiger partial charge is 0.497 e. The minimum atomic E-state index is -0.163. The molecule has 1 atom stereocenters. The summed E-state index contributed by atoms with van der Waals surface area (Å²) in [6, 6.07) is 23.1. The number of aliphatic hydroxyl groups is 1. The maximum absolute atomic E-state index is 13.3. The van der Waals surface area contributed by atoms with E-state index in [4.69, 9.17) is 19.6 Å². The van der Waals surface area contributed by atoms with Gasteiger partial charge in [0.2, 0.25) is 11.8 Å². The first kappa shape index (κ1) is 42.2. The first-order valence-electron chi connectivity index (χ1n) is 19.2. The average Bonchev–Trinajstić information content (AvgIpc) is 4.11. The van der Waals surface area contributed by atoms with Crippen LogP contribution in [-0.2, 0) is 16.0 Å². The Hall–Kier alpha value is -5.94. The third kappa shape index (κ3) is 10.1. The quantitative estimate of drug-likeness (QED) is 0.0924. The standard InChI is InChI=1S/C22H20N4O2S.C19H16N4O2S.C3H7BrO/c1-28-15-6-2-5-14(11-15)16-8-4-10-26(21(16)27)22-25-19(13-29-22)18-12-24-20-17(18)7-3-9-23-20;1-25-13-5-2-4-12(8-13)9-17(24)23-19-22-16(11-26-19)15-10-21-18-14(15)6-3-7-20-18;4-2-1-3-5/h2-3,5-7,9,11-13,16H,4,8,10H2,1H3,(H,23,24);2-8,10-11H,9H2,1H3,(H,20,21)(H,22,23,24);5H,1-3H2. The summed E-state index contributed by atoms with van der Waals surface area (Å²) in [5.41, 5.74) is 7.19. The van der Waals surface area contributed by atoms with Crippen molar-refractivity contribution in [1.82, 2.24) is 29.9 Å². The number of piperidine rings is 1. The molecule has 8 aromatic rings. The van der Waals surface area contributed by atoms with Crippen molar-refractivity contribution in [2.24, 2.45) is 0 Å². The van der Waals surface area contributed by atoms with Crippen molar-refractivity contribution >= 4 is 82.7 Å². The fourth-order valence-corrected chi connectivity index (χ4v) is 8.56. The number of methoxy groups -OCH3 is 2. The minimum Gasteiger partial charge on any atom is -0.497 e. The highest BCUT2D eigenvalue weighted by molar-refractivity contribution is 9.09. The predicted octanol–water partition coefficient (Wildman–Crippen LogP) is 9.25. The van der Waals surface area contributed by atoms with Gasteiger partial charge < -0.3 is 29.9 Å². The van der Waals surface area contributed by atoms with E-state index in [-0.39, 0.29) is 24.2 Å². The predicted molar refractivity (Wildman–Crippen MR) is 243 cm³/mol. The van der Waals surface area contributed by atoms with Gasteiger partial charge in [-0.25, -0.2) is 19.9 Å². The van der Waals surface area contributed by atoms with Crippen LogP contribution in [0.4, 0.5) is 10.3 Å². The smallest absolute Gasteiger partial charge is 0.236 e. The van der Waals surface area contributed by atoms with Crippen molar-refractivity contribution in [3.63, 3.8) is 0 Å². The number of aromatic amines is 2. The van der Waals surface area contributed by atoms with Crippen LogP contribution in [0.15, 0.2) is 108 Å². The maximum Gasteiger partial charge on any atom is 0.236 e. The van der Waals surface area contributed by atoms with E-state index in [1.54, 1.807) is 26.6 Å². The van der Waals surface area contributed by atoms with E-state index < -0.39 is 0 Å². The number of rotatable bonds is 11. The van der Waals surface area contributed by atoms with Gasteiger partial charge in [-0.15, -0.1) is 22.7 Å². The Balaban J connectivity index is 0.000000164. The van der Waals surface area contributed by atoms with E-state index in [0.717, 1.165) is 96.9 Å². The van der Waals surface area contributed by atoms with Gasteiger partial charge in [0.1, 0.15) is 22.8 Å². The summed E-state index contributed by atoms with van der Waals surface area (Å²) in [4.78, 5) is 51.7. The topological polar surface area (TPSA) is 171 Å². The van der Waals surface area contributed by atoms with Gasteiger partial charge in [-0.2, -0.15) is 0 Å². The molecule has 13 nitrogen and oxygen atoms in total. The van der Waals surface area contributed by atoms with Crippen LogP contribution in [0.2, 0.25) is 0 Å². The molecule has 308 valence electrons. The lowest BCUT2D eigenvalue weighted by atomic mass is 9.90. The first-order chi connectivity index (χ1) is 29.4. The number of anilines is 2. The molecule has 0 saturated carbocycles. The van der Waals surface area contributed by atoms with Gasteiger partial charge in [0.05, 0.1) is 37.9 Å². The molecule has 4 N–H and O–H groups in total. The molecule has 1 saturated heterocycles. The zero-order chi connectivity index (χ0) is 41.8. The number of hydrogen-bond donors (Lipinski definition) is 4. The summed E-state index contributed by atoms with van der Waals surface area (Å²) in [6.07, 6.45) is 10.2. The number of carbonyl (C=O) groups is 2. The highest BCUT2D eigenvalue weighted by Crippen LogP contribution is 2.37. The second-order valence-electron chi connectivity index (χ2n) is 13.6. The molecule has 0 aliphatic carbocycles. The average molecular weight is 908 g/mol. The number of hydrogen-bond acceptors (Lipinski definition) is 11. The first-order valence-corrected chi connectivity index (χ1v) is 22.1. The normalized spacial score (nSPS) is 13.6. The highest BCUT2D eigenvalue weighted by Gasteiger charge is 2.32. The van der Waals surface area contributed by atoms with Crippen LogP contribution in [0.5, 0.6) is 11.5 Å². The summed E-state index contributed by atoms with van der Waals surface area (Å²) >= 11 is 6.06. The lowest BCUT2D eigenvalue weighted by Crippen LogP contribution is -2.40. The SMILES string of the molecule is COc1cccc(C2CCCN(c3nc(-c4c[nH]c5ncccc45)cs3)C2=O)c1.COc1cccc(CC(=O)Nc2nc(-c3c[nH]c4ncccc34)cs2)c1.OCCCBr. The van der Waals surface area contributed by atoms with Crippen molar-refractivity contribution in [3.8, 4) is 34.0 Å². The molecular weight excluding hydrogens is 865 g/mol. The van der Waals surface area contributed by atoms with E-state index in [9.17, 15) is 9.59 Å². The zero-order valence-electron chi connectivity index (χ0n) is 32.9. The molecule has 0 spiro atoms. The number of benzene rings is 2. The summed E-state index contributed by atoms with van der Waals surface area (Å²) in [7, 11) is 3.25. The Morgan fingerprint density at radius 2 is 1.53 bits per heavy atom. The number of nitrogens with one attached hydrogen (secondary N) is 3. The van der Waals surface area contributed by atoms with Gasteiger partial charge in [-0.1, -0.05) is 40.2 Å². The Labute approximate surface area is 363 Å². The van der Waals surface area contributed by atoms with Crippen LogP contribution in [0, 0.1) is 0 Å². The fraction of sp³-hybridized carbons (Fsp3) is 0.227. The van der Waals surface area contributed by atoms with Gasteiger partial charge in [0.15, 0.2) is 10.3 Å². The number of H-pyrrole nitrogens is 2. The van der Waals surface area contributed by atoms with Gasteiger partial charge in [-0.05, 0) is 78.9 Å². The molecule has 6 aromatic heterocycles. The third-order valence-corrected chi connectivity index (χ3v) is 11.8. The Kier molecular flexibility index (Phi) is 14.3. The van der Waals surface area contributed by atoms with E-state index in [1.165, 1.54) is 22.7 Å². The maximum atomic E-state index is 13.3. The molecule has 16 heteroatoms. The summed E-state index contributed by atoms with van der Waals surface area (Å²) in [5, 5.41) is 19.1. The second-order valence-corrected chi connectivity index (χ2v) is 16.0. The Morgan fingerprint density at radius 1 is 0.883 bits per heavy atom. The van der Waals surface area contributed by atoms with Crippen molar-refractivity contribution in [1.29, 1.82) is 0 Å². The number of fused-ring (bicyclic) bond motifs is 2. The van der Waals surface area contributed by atoms with Crippen molar-refractivity contribution in [2.45, 2.75) is 31.6 Å². The van der Waals surface area contributed by atoms with Crippen LogP contribution in [0.1, 0.15) is 36.3 Å². The Bertz CT molecular complexity index is 2670. The van der Waals surface area contributed by atoms with Crippen LogP contribution >= 0.6 is 38.6 Å². The molecule has 7 heterocycles. The molecule has 60 heavy (non-hydrogen) atoms. The molecule has 1 aliphatic heterocycles. The number of aromatic nitrogens is 6. The highest BCUT2D eigenvalue weighted by atomic mass is 79.9. The Morgan fingerprint density at radius 3 is 2.18 bits per heavy atom. The lowest BCUT2D eigenvalue weighted by molar-refractivity contribution is -0.121. The fourth-order valence-electron chi connectivity index (χ4n) is 6.73. The molecule has 1 unspecified atom stereocenters. The molecule has 2 amide bonds. The number of alkyl halides is 1. The molecular formula is C44H43BrN8O5S2. The molecule has 0 radical (unpaired) electrons. The van der Waals surface area contributed by atoms with E-state index >= 15 is 0 Å². The number of pyridine rings is 2. The van der Waals surface area contributed by atoms with Gasteiger partial charge in [0.25, 0.3) is 0 Å². The van der Waals surface area contributed by atoms with E-state index in [1.807, 2.05) is 101 Å². The summed E-state index contributed by atoms with van der Waals surface area (Å²) in [5.74, 6) is 1.34. The minimum absolute atomic E-state index is 0.103. The molecule has 1 fully saturated rings. The lowest BCUT2D eigenvalue weighted by Gasteiger charge is -2.30. The van der Waals surface area contributed by atoms with E-state index in [2.05, 4.69) is 46.2 Å². The monoisotopic (exact) mass is 906 g/mol. The number of carbonyl (C=O) groups excluding carboxylic acids is 2. The third-order valence-electron chi connectivity index (χ3n) is 9.65. The number of nitrogens with zero attached hydrogens (tertiary/aromatic N) is 5. The van der Waals surface area contributed by atoms with Crippen LogP contribution in [0.25, 0.3) is 44.6 Å². The number of ether oxygens (including phenoxy) is 2. The van der Waals surface area contributed by atoms with Gasteiger partial charge in [-0.3, -0.25) is 14.5 Å². The second kappa shape index (κ2) is 20.4. The molecule has 0 bridgehead atoms. The molecule has 1 aliphatic rings. The van der Waals surface area contributed by atoms with Crippen LogP contribution in [0.3, 0.4) is 0 Å². The number of thiazole rings is 2. The number of amides is 2. The molecule has 2 aromatic carbocycles. The molecule has 9 rings (SSSR count). The van der Waals surface area contributed by atoms with Crippen LogP contribution in [-0.4, -0.2) is 79.5 Å². The summed E-state index contributed by atoms with van der Waals surface area (Å²) < 4.78 is 10.5. The van der Waals surface area contributed by atoms with Crippen LogP contribution < -0.4 is 19.7 Å². The van der Waals surface area contributed by atoms with Crippen molar-refractivity contribution < 1.29 is 24.2 Å². The number of aliphatic hydroxyl groups excluding tert-OH is 1. The van der Waals surface area contributed by atoms with Gasteiger partial charge in [0, 0.05) is 75.9 Å². The van der Waals surface area contributed by atoms with Crippen molar-refractivity contribution in [2.75, 3.05) is 42.9 Å². The van der Waals surface area contributed by atoms with E-state index in [0.29, 0.717) is 18.3 Å². The zero-order valence-corrected chi connectivity index (χ0v) is 36.1. The van der Waals surface area contributed by atoms with Crippen molar-refractivity contribution in [3.05, 3.63) is 119 Å².